The molecular formula is C18H10ClNO2S. The Morgan fingerprint density at radius 3 is 2.65 bits per heavy atom. The summed E-state index contributed by atoms with van der Waals surface area (Å²) in [6, 6.07) is 16.7. The molecule has 0 N–H and O–H groups in total. The second kappa shape index (κ2) is 5.65. The lowest BCUT2D eigenvalue weighted by Crippen LogP contribution is -2.02. The van der Waals surface area contributed by atoms with Crippen molar-refractivity contribution >= 4 is 33.9 Å². The smallest absolute Gasteiger partial charge is 0.345 e. The number of hydrogen-bond donors (Lipinski definition) is 0. The topological polar surface area (TPSA) is 43.1 Å². The Labute approximate surface area is 140 Å². The molecule has 112 valence electrons. The van der Waals surface area contributed by atoms with Crippen molar-refractivity contribution in [1.82, 2.24) is 4.98 Å². The maximum Gasteiger partial charge on any atom is 0.345 e. The molecule has 2 aromatic heterocycles. The Morgan fingerprint density at radius 1 is 1.04 bits per heavy atom. The molecule has 0 unspecified atom stereocenters. The molecule has 0 fully saturated rings. The van der Waals surface area contributed by atoms with E-state index in [2.05, 4.69) is 4.98 Å². The molecule has 0 amide bonds. The van der Waals surface area contributed by atoms with Gasteiger partial charge >= 0.3 is 5.63 Å². The molecule has 0 saturated heterocycles. The van der Waals surface area contributed by atoms with Crippen LogP contribution < -0.4 is 5.63 Å². The van der Waals surface area contributed by atoms with Crippen LogP contribution in [0.15, 0.2) is 69.2 Å². The van der Waals surface area contributed by atoms with Crippen molar-refractivity contribution in [3.63, 3.8) is 0 Å². The first-order valence-electron chi connectivity index (χ1n) is 6.95. The first-order valence-corrected chi connectivity index (χ1v) is 8.21. The van der Waals surface area contributed by atoms with E-state index in [-0.39, 0.29) is 5.63 Å². The number of halogens is 1. The molecule has 4 rings (SSSR count). The van der Waals surface area contributed by atoms with Gasteiger partial charge < -0.3 is 4.42 Å². The third kappa shape index (κ3) is 2.67. The fraction of sp³-hybridized carbons (Fsp3) is 0. The Kier molecular flexibility index (Phi) is 3.48. The minimum atomic E-state index is -0.378. The van der Waals surface area contributed by atoms with E-state index in [4.69, 9.17) is 16.0 Å². The van der Waals surface area contributed by atoms with E-state index in [0.29, 0.717) is 21.9 Å². The minimum Gasteiger partial charge on any atom is -0.422 e. The van der Waals surface area contributed by atoms with Crippen LogP contribution in [0.2, 0.25) is 5.02 Å². The number of nitrogens with zero attached hydrogens (tertiary/aromatic N) is 1. The molecule has 2 heterocycles. The quantitative estimate of drug-likeness (QED) is 0.469. The standard InChI is InChI=1S/C18H10ClNO2S/c19-13-7-5-11(6-8-13)17-20-15(10-23-17)14-9-12-3-1-2-4-16(12)22-18(14)21/h1-10H. The lowest BCUT2D eigenvalue weighted by atomic mass is 10.1. The van der Waals surface area contributed by atoms with Gasteiger partial charge in [-0.3, -0.25) is 0 Å². The largest absolute Gasteiger partial charge is 0.422 e. The van der Waals surface area contributed by atoms with E-state index in [9.17, 15) is 4.79 Å². The highest BCUT2D eigenvalue weighted by atomic mass is 35.5. The van der Waals surface area contributed by atoms with Crippen LogP contribution in [0.3, 0.4) is 0 Å². The molecule has 23 heavy (non-hydrogen) atoms. The predicted octanol–water partition coefficient (Wildman–Crippen LogP) is 5.24. The number of thiazole rings is 1. The number of fused-ring (bicyclic) bond motifs is 1. The van der Waals surface area contributed by atoms with E-state index in [1.54, 1.807) is 6.07 Å². The summed E-state index contributed by atoms with van der Waals surface area (Å²) < 4.78 is 5.37. The lowest BCUT2D eigenvalue weighted by Gasteiger charge is -1.99. The number of para-hydroxylation sites is 1. The highest BCUT2D eigenvalue weighted by molar-refractivity contribution is 7.13. The van der Waals surface area contributed by atoms with Gasteiger partial charge in [-0.15, -0.1) is 11.3 Å². The Bertz CT molecular complexity index is 1050. The van der Waals surface area contributed by atoms with Gasteiger partial charge in [-0.25, -0.2) is 9.78 Å². The van der Waals surface area contributed by atoms with Gasteiger partial charge in [0, 0.05) is 21.4 Å². The highest BCUT2D eigenvalue weighted by Crippen LogP contribution is 2.29. The summed E-state index contributed by atoms with van der Waals surface area (Å²) >= 11 is 7.39. The van der Waals surface area contributed by atoms with Gasteiger partial charge in [-0.1, -0.05) is 41.9 Å². The summed E-state index contributed by atoms with van der Waals surface area (Å²) in [5, 5.41) is 4.26. The van der Waals surface area contributed by atoms with Crippen LogP contribution in [0.25, 0.3) is 32.8 Å². The van der Waals surface area contributed by atoms with Crippen molar-refractivity contribution in [1.29, 1.82) is 0 Å². The fourth-order valence-corrected chi connectivity index (χ4v) is 3.32. The maximum atomic E-state index is 12.2. The predicted molar refractivity (Wildman–Crippen MR) is 94.0 cm³/mol. The zero-order valence-corrected chi connectivity index (χ0v) is 13.4. The molecule has 0 saturated carbocycles. The van der Waals surface area contributed by atoms with Crippen LogP contribution in [-0.2, 0) is 0 Å². The molecule has 0 radical (unpaired) electrons. The van der Waals surface area contributed by atoms with Crippen molar-refractivity contribution < 1.29 is 4.42 Å². The summed E-state index contributed by atoms with van der Waals surface area (Å²) in [7, 11) is 0. The number of rotatable bonds is 2. The van der Waals surface area contributed by atoms with E-state index in [0.717, 1.165) is 16.0 Å². The van der Waals surface area contributed by atoms with Gasteiger partial charge in [0.05, 0.1) is 11.3 Å². The molecule has 0 bridgehead atoms. The summed E-state index contributed by atoms with van der Waals surface area (Å²) in [5.74, 6) is 0. The molecule has 0 atom stereocenters. The molecule has 2 aromatic carbocycles. The average molecular weight is 340 g/mol. The lowest BCUT2D eigenvalue weighted by molar-refractivity contribution is 0.563. The zero-order valence-electron chi connectivity index (χ0n) is 11.8. The van der Waals surface area contributed by atoms with Crippen LogP contribution in [0.4, 0.5) is 0 Å². The zero-order chi connectivity index (χ0) is 15.8. The second-order valence-corrected chi connectivity index (χ2v) is 6.32. The Hall–Kier alpha value is -2.43. The molecule has 0 aliphatic carbocycles. The van der Waals surface area contributed by atoms with E-state index < -0.39 is 0 Å². The summed E-state index contributed by atoms with van der Waals surface area (Å²) in [5.41, 5.74) is 2.27. The summed E-state index contributed by atoms with van der Waals surface area (Å²) in [4.78, 5) is 16.8. The van der Waals surface area contributed by atoms with Crippen LogP contribution in [0.5, 0.6) is 0 Å². The van der Waals surface area contributed by atoms with E-state index in [1.807, 2.05) is 53.9 Å². The first-order chi connectivity index (χ1) is 11.2. The molecular weight excluding hydrogens is 330 g/mol. The van der Waals surface area contributed by atoms with Crippen LogP contribution in [0, 0.1) is 0 Å². The number of aromatic nitrogens is 1. The normalized spacial score (nSPS) is 11.0. The average Bonchev–Trinajstić information content (AvgIpc) is 3.04. The van der Waals surface area contributed by atoms with Crippen molar-refractivity contribution in [2.24, 2.45) is 0 Å². The Morgan fingerprint density at radius 2 is 1.83 bits per heavy atom. The fourth-order valence-electron chi connectivity index (χ4n) is 2.36. The van der Waals surface area contributed by atoms with E-state index in [1.165, 1.54) is 11.3 Å². The first kappa shape index (κ1) is 14.2. The van der Waals surface area contributed by atoms with Gasteiger partial charge in [0.25, 0.3) is 0 Å². The third-order valence-electron chi connectivity index (χ3n) is 3.51. The molecule has 5 heteroatoms. The van der Waals surface area contributed by atoms with Gasteiger partial charge in [0.1, 0.15) is 10.6 Å². The van der Waals surface area contributed by atoms with Crippen LogP contribution >= 0.6 is 22.9 Å². The van der Waals surface area contributed by atoms with E-state index >= 15 is 0 Å². The minimum absolute atomic E-state index is 0.378. The molecule has 0 aliphatic rings. The van der Waals surface area contributed by atoms with Crippen molar-refractivity contribution in [2.45, 2.75) is 0 Å². The highest BCUT2D eigenvalue weighted by Gasteiger charge is 2.12. The number of hydrogen-bond acceptors (Lipinski definition) is 4. The third-order valence-corrected chi connectivity index (χ3v) is 4.66. The Balaban J connectivity index is 1.81. The molecule has 0 spiro atoms. The SMILES string of the molecule is O=c1oc2ccccc2cc1-c1csc(-c2ccc(Cl)cc2)n1. The molecule has 3 nitrogen and oxygen atoms in total. The summed E-state index contributed by atoms with van der Waals surface area (Å²) in [6.45, 7) is 0. The van der Waals surface area contributed by atoms with Crippen LogP contribution in [0.1, 0.15) is 0 Å². The van der Waals surface area contributed by atoms with Gasteiger partial charge in [0.2, 0.25) is 0 Å². The van der Waals surface area contributed by atoms with Gasteiger partial charge in [-0.05, 0) is 24.3 Å². The molecule has 4 aromatic rings. The van der Waals surface area contributed by atoms with Crippen molar-refractivity contribution in [3.05, 3.63) is 75.4 Å². The molecule has 0 aliphatic heterocycles. The second-order valence-electron chi connectivity index (χ2n) is 5.03. The monoisotopic (exact) mass is 339 g/mol. The van der Waals surface area contributed by atoms with Gasteiger partial charge in [0.15, 0.2) is 0 Å². The van der Waals surface area contributed by atoms with Crippen LogP contribution in [-0.4, -0.2) is 4.98 Å². The van der Waals surface area contributed by atoms with Crippen molar-refractivity contribution in [3.8, 4) is 21.8 Å². The summed E-state index contributed by atoms with van der Waals surface area (Å²) in [6.07, 6.45) is 0. The number of benzene rings is 2. The van der Waals surface area contributed by atoms with Gasteiger partial charge in [-0.2, -0.15) is 0 Å². The maximum absolute atomic E-state index is 12.2. The van der Waals surface area contributed by atoms with Crippen molar-refractivity contribution in [2.75, 3.05) is 0 Å².